The Morgan fingerprint density at radius 2 is 1.62 bits per heavy atom. The second-order valence-electron chi connectivity index (χ2n) is 11.8. The number of benzene rings is 2. The summed E-state index contributed by atoms with van der Waals surface area (Å²) in [6.45, 7) is 5.91. The van der Waals surface area contributed by atoms with Gasteiger partial charge in [-0.3, -0.25) is 9.59 Å². The van der Waals surface area contributed by atoms with Gasteiger partial charge >= 0.3 is 0 Å². The molecule has 1 aliphatic heterocycles. The van der Waals surface area contributed by atoms with Crippen LogP contribution in [0.4, 0.5) is 0 Å². The van der Waals surface area contributed by atoms with Gasteiger partial charge in [0.05, 0.1) is 17.8 Å². The molecule has 0 bridgehead atoms. The Bertz CT molecular complexity index is 1290. The molecule has 5 atom stereocenters. The van der Waals surface area contributed by atoms with E-state index in [4.69, 9.17) is 0 Å². The predicted molar refractivity (Wildman–Crippen MR) is 145 cm³/mol. The zero-order chi connectivity index (χ0) is 27.7. The van der Waals surface area contributed by atoms with Crippen molar-refractivity contribution in [3.63, 3.8) is 0 Å². The lowest BCUT2D eigenvalue weighted by atomic mass is 9.85. The van der Waals surface area contributed by atoms with Gasteiger partial charge in [0.25, 0.3) is 0 Å². The van der Waals surface area contributed by atoms with E-state index in [0.29, 0.717) is 11.5 Å². The van der Waals surface area contributed by atoms with Crippen molar-refractivity contribution < 1.29 is 19.8 Å². The van der Waals surface area contributed by atoms with Crippen LogP contribution in [0, 0.1) is 5.41 Å². The van der Waals surface area contributed by atoms with E-state index in [1.807, 2.05) is 87.6 Å². The Morgan fingerprint density at radius 1 is 1.00 bits per heavy atom. The first-order valence-electron chi connectivity index (χ1n) is 13.6. The largest absolute Gasteiger partial charge is 0.391 e. The normalized spacial score (nSPS) is 21.8. The number of nitrogens with zero attached hydrogens (tertiary/aromatic N) is 4. The number of β-amino-alcohol motifs (C(OH)–C–C–N with tert-alkyl or cyclic N) is 1. The summed E-state index contributed by atoms with van der Waals surface area (Å²) in [6, 6.07) is 16.1. The second-order valence-corrected chi connectivity index (χ2v) is 11.8. The van der Waals surface area contributed by atoms with Gasteiger partial charge in [-0.2, -0.15) is 0 Å². The third-order valence-corrected chi connectivity index (χ3v) is 7.62. The fraction of sp³-hybridized carbons (Fsp3) is 0.467. The van der Waals surface area contributed by atoms with Gasteiger partial charge in [0.2, 0.25) is 11.8 Å². The summed E-state index contributed by atoms with van der Waals surface area (Å²) in [7, 11) is 0. The number of rotatable bonds is 8. The average Bonchev–Trinajstić information content (AvgIpc) is 3.53. The lowest BCUT2D eigenvalue weighted by Crippen LogP contribution is -2.51. The van der Waals surface area contributed by atoms with Gasteiger partial charge < -0.3 is 20.4 Å². The zero-order valence-corrected chi connectivity index (χ0v) is 22.6. The van der Waals surface area contributed by atoms with Gasteiger partial charge in [0.1, 0.15) is 18.2 Å². The van der Waals surface area contributed by atoms with Crippen molar-refractivity contribution >= 4 is 11.8 Å². The highest BCUT2D eigenvalue weighted by atomic mass is 16.3. The molecule has 1 saturated carbocycles. The fourth-order valence-electron chi connectivity index (χ4n) is 5.42. The van der Waals surface area contributed by atoms with E-state index >= 15 is 0 Å². The lowest BCUT2D eigenvalue weighted by molar-refractivity contribution is -0.144. The van der Waals surface area contributed by atoms with Gasteiger partial charge in [-0.1, -0.05) is 86.6 Å². The minimum atomic E-state index is -1.01. The van der Waals surface area contributed by atoms with E-state index in [-0.39, 0.29) is 18.9 Å². The third-order valence-electron chi connectivity index (χ3n) is 7.62. The first-order valence-corrected chi connectivity index (χ1v) is 13.6. The Morgan fingerprint density at radius 3 is 2.21 bits per heavy atom. The van der Waals surface area contributed by atoms with Crippen molar-refractivity contribution in [1.82, 2.24) is 25.2 Å². The quantitative estimate of drug-likeness (QED) is 0.410. The van der Waals surface area contributed by atoms with Crippen molar-refractivity contribution in [1.29, 1.82) is 0 Å². The minimum absolute atomic E-state index is 0.0465. The number of hydrogen-bond donors (Lipinski definition) is 3. The molecule has 9 heteroatoms. The summed E-state index contributed by atoms with van der Waals surface area (Å²) < 4.78 is 1.61. The molecule has 9 nitrogen and oxygen atoms in total. The number of aromatic nitrogens is 3. The Kier molecular flexibility index (Phi) is 7.55. The molecule has 2 heterocycles. The summed E-state index contributed by atoms with van der Waals surface area (Å²) in [4.78, 5) is 29.3. The second kappa shape index (κ2) is 10.9. The Hall–Kier alpha value is -3.56. The van der Waals surface area contributed by atoms with Crippen LogP contribution in [0.3, 0.4) is 0 Å². The van der Waals surface area contributed by atoms with Gasteiger partial charge in [0, 0.05) is 25.1 Å². The summed E-state index contributed by atoms with van der Waals surface area (Å²) in [6.07, 6.45) is 2.26. The van der Waals surface area contributed by atoms with Crippen LogP contribution in [-0.2, 0) is 9.59 Å². The molecule has 0 unspecified atom stereocenters. The van der Waals surface area contributed by atoms with Gasteiger partial charge in [0.15, 0.2) is 0 Å². The van der Waals surface area contributed by atoms with Crippen LogP contribution >= 0.6 is 0 Å². The standard InChI is InChI=1S/C30H37N5O4/c1-30(2,3)27(35-18-23(32-33-35)19-14-15-19)29(39)34-17-22(36)16-24(34)28(38)31-25(20-10-6-4-7-11-20)26(37)21-12-8-5-9-13-21/h4-13,18-19,22,24-27,36-37H,14-17H2,1-3H3,(H,31,38)/t22-,24+,25+,26-,27-/m1/s1. The SMILES string of the molecule is CC(C)(C)[C@@H](C(=O)N1C[C@H](O)C[C@H]1C(=O)N[C@@H](c1ccccc1)[C@H](O)c1ccccc1)n1cc(C2CC2)nn1. The zero-order valence-electron chi connectivity index (χ0n) is 22.6. The summed E-state index contributed by atoms with van der Waals surface area (Å²) in [5.41, 5.74) is 1.77. The number of carbonyl (C=O) groups is 2. The van der Waals surface area contributed by atoms with E-state index in [0.717, 1.165) is 24.1 Å². The van der Waals surface area contributed by atoms with E-state index in [9.17, 15) is 19.8 Å². The van der Waals surface area contributed by atoms with Gasteiger partial charge in [-0.15, -0.1) is 5.10 Å². The number of carbonyl (C=O) groups excluding carboxylic acids is 2. The molecule has 1 saturated heterocycles. The van der Waals surface area contributed by atoms with Crippen LogP contribution in [0.5, 0.6) is 0 Å². The summed E-state index contributed by atoms with van der Waals surface area (Å²) in [5.74, 6) is -0.312. The molecule has 2 fully saturated rings. The lowest BCUT2D eigenvalue weighted by Gasteiger charge is -2.35. The third kappa shape index (κ3) is 5.89. The molecular formula is C30H37N5O4. The maximum absolute atomic E-state index is 14.1. The Balaban J connectivity index is 1.41. The summed E-state index contributed by atoms with van der Waals surface area (Å²) in [5, 5.41) is 33.5. The molecule has 2 aromatic carbocycles. The van der Waals surface area contributed by atoms with Crippen LogP contribution in [-0.4, -0.2) is 60.6 Å². The molecule has 206 valence electrons. The molecular weight excluding hydrogens is 494 g/mol. The summed E-state index contributed by atoms with van der Waals surface area (Å²) >= 11 is 0. The molecule has 2 aliphatic rings. The van der Waals surface area contributed by atoms with Crippen molar-refractivity contribution in [2.45, 2.75) is 76.3 Å². The highest BCUT2D eigenvalue weighted by Crippen LogP contribution is 2.40. The van der Waals surface area contributed by atoms with Crippen molar-refractivity contribution in [3.8, 4) is 0 Å². The van der Waals surface area contributed by atoms with Crippen molar-refractivity contribution in [2.75, 3.05) is 6.54 Å². The fourth-order valence-corrected chi connectivity index (χ4v) is 5.42. The smallest absolute Gasteiger partial charge is 0.248 e. The Labute approximate surface area is 228 Å². The molecule has 0 radical (unpaired) electrons. The average molecular weight is 532 g/mol. The number of hydrogen-bond acceptors (Lipinski definition) is 6. The molecule has 1 aromatic heterocycles. The van der Waals surface area contributed by atoms with E-state index in [2.05, 4.69) is 15.6 Å². The number of aliphatic hydroxyl groups excluding tert-OH is 2. The maximum atomic E-state index is 14.1. The number of nitrogens with one attached hydrogen (secondary N) is 1. The van der Waals surface area contributed by atoms with E-state index in [1.54, 1.807) is 4.68 Å². The van der Waals surface area contributed by atoms with Crippen LogP contribution in [0.25, 0.3) is 0 Å². The number of amides is 2. The molecule has 5 rings (SSSR count). The topological polar surface area (TPSA) is 121 Å². The van der Waals surface area contributed by atoms with Gasteiger partial charge in [-0.25, -0.2) is 4.68 Å². The molecule has 39 heavy (non-hydrogen) atoms. The van der Waals surface area contributed by atoms with Crippen LogP contribution in [0.2, 0.25) is 0 Å². The number of likely N-dealkylation sites (tertiary alicyclic amines) is 1. The van der Waals surface area contributed by atoms with Crippen LogP contribution in [0.1, 0.15) is 81.0 Å². The van der Waals surface area contributed by atoms with Crippen molar-refractivity contribution in [3.05, 3.63) is 83.7 Å². The minimum Gasteiger partial charge on any atom is -0.391 e. The highest BCUT2D eigenvalue weighted by molar-refractivity contribution is 5.90. The molecule has 0 spiro atoms. The van der Waals surface area contributed by atoms with Crippen molar-refractivity contribution in [2.24, 2.45) is 5.41 Å². The molecule has 2 amide bonds. The maximum Gasteiger partial charge on any atom is 0.248 e. The molecule has 1 aliphatic carbocycles. The van der Waals surface area contributed by atoms with E-state index < -0.39 is 41.7 Å². The van der Waals surface area contributed by atoms with Crippen LogP contribution < -0.4 is 5.32 Å². The van der Waals surface area contributed by atoms with Gasteiger partial charge in [-0.05, 0) is 29.4 Å². The number of aliphatic hydroxyl groups is 2. The predicted octanol–water partition coefficient (Wildman–Crippen LogP) is 3.30. The molecule has 3 N–H and O–H groups in total. The monoisotopic (exact) mass is 531 g/mol. The first-order chi connectivity index (χ1) is 18.6. The molecule has 3 aromatic rings. The highest BCUT2D eigenvalue weighted by Gasteiger charge is 2.46. The van der Waals surface area contributed by atoms with Crippen LogP contribution in [0.15, 0.2) is 66.9 Å². The first kappa shape index (κ1) is 27.0. The van der Waals surface area contributed by atoms with E-state index in [1.165, 1.54) is 4.90 Å².